The molecule has 4 rings (SSSR count). The van der Waals surface area contributed by atoms with Crippen LogP contribution in [0.4, 0.5) is 15.8 Å². The van der Waals surface area contributed by atoms with Crippen molar-refractivity contribution in [3.05, 3.63) is 59.2 Å². The number of fused-ring (bicyclic) bond motifs is 2. The fraction of sp³-hybridized carbons (Fsp3) is 0.0588. The standard InChI is InChI=1S/C17H11FN2O2S/c18-11-4-3-7-14-10(11)8-15(23-14)17(22)20-9-16(21)19-12-5-1-2-6-13(12)20/h1-8H,9H2,(H,19,21). The summed E-state index contributed by atoms with van der Waals surface area (Å²) < 4.78 is 14.5. The largest absolute Gasteiger partial charge is 0.323 e. The molecule has 3 aromatic rings. The number of anilines is 2. The molecule has 4 nitrogen and oxygen atoms in total. The summed E-state index contributed by atoms with van der Waals surface area (Å²) in [5.74, 6) is -0.896. The van der Waals surface area contributed by atoms with Crippen LogP contribution in [0.25, 0.3) is 10.1 Å². The molecule has 0 unspecified atom stereocenters. The average Bonchev–Trinajstić information content (AvgIpc) is 2.99. The molecule has 2 aromatic carbocycles. The molecule has 0 spiro atoms. The molecule has 2 heterocycles. The number of nitrogens with zero attached hydrogens (tertiary/aromatic N) is 1. The van der Waals surface area contributed by atoms with Crippen molar-refractivity contribution >= 4 is 44.6 Å². The summed E-state index contributed by atoms with van der Waals surface area (Å²) >= 11 is 1.23. The average molecular weight is 326 g/mol. The minimum atomic E-state index is -0.352. The van der Waals surface area contributed by atoms with E-state index in [2.05, 4.69) is 5.32 Å². The Kier molecular flexibility index (Phi) is 3.12. The van der Waals surface area contributed by atoms with Gasteiger partial charge in [-0.25, -0.2) is 4.39 Å². The van der Waals surface area contributed by atoms with E-state index < -0.39 is 0 Å². The van der Waals surface area contributed by atoms with Crippen LogP contribution in [0.2, 0.25) is 0 Å². The highest BCUT2D eigenvalue weighted by atomic mass is 32.1. The Morgan fingerprint density at radius 2 is 2.00 bits per heavy atom. The number of carbonyl (C=O) groups excluding carboxylic acids is 2. The van der Waals surface area contributed by atoms with E-state index in [1.807, 2.05) is 0 Å². The predicted octanol–water partition coefficient (Wildman–Crippen LogP) is 3.64. The monoisotopic (exact) mass is 326 g/mol. The summed E-state index contributed by atoms with van der Waals surface area (Å²) in [6.45, 7) is -0.0490. The van der Waals surface area contributed by atoms with Gasteiger partial charge in [0.1, 0.15) is 12.4 Å². The topological polar surface area (TPSA) is 49.4 Å². The quantitative estimate of drug-likeness (QED) is 0.742. The molecule has 1 aromatic heterocycles. The number of nitrogens with one attached hydrogen (secondary N) is 1. The van der Waals surface area contributed by atoms with Crippen molar-refractivity contribution in [2.75, 3.05) is 16.8 Å². The molecule has 2 amide bonds. The zero-order valence-electron chi connectivity index (χ0n) is 11.9. The molecule has 1 aliphatic rings. The van der Waals surface area contributed by atoms with Crippen molar-refractivity contribution in [1.29, 1.82) is 0 Å². The Hall–Kier alpha value is -2.73. The highest BCUT2D eigenvalue weighted by Gasteiger charge is 2.28. The van der Waals surface area contributed by atoms with E-state index in [9.17, 15) is 14.0 Å². The summed E-state index contributed by atoms with van der Waals surface area (Å²) in [6.07, 6.45) is 0. The van der Waals surface area contributed by atoms with E-state index in [1.54, 1.807) is 42.5 Å². The van der Waals surface area contributed by atoms with Crippen LogP contribution >= 0.6 is 11.3 Å². The normalized spacial score (nSPS) is 13.8. The van der Waals surface area contributed by atoms with Gasteiger partial charge in [-0.2, -0.15) is 0 Å². The van der Waals surface area contributed by atoms with Gasteiger partial charge in [-0.1, -0.05) is 18.2 Å². The molecule has 0 fully saturated rings. The van der Waals surface area contributed by atoms with Gasteiger partial charge in [-0.05, 0) is 30.3 Å². The highest BCUT2D eigenvalue weighted by Crippen LogP contribution is 2.33. The van der Waals surface area contributed by atoms with Gasteiger partial charge >= 0.3 is 0 Å². The van der Waals surface area contributed by atoms with Crippen LogP contribution in [-0.2, 0) is 4.79 Å². The molecule has 6 heteroatoms. The number of hydrogen-bond acceptors (Lipinski definition) is 3. The number of hydrogen-bond donors (Lipinski definition) is 1. The fourth-order valence-corrected chi connectivity index (χ4v) is 3.70. The lowest BCUT2D eigenvalue weighted by molar-refractivity contribution is -0.115. The van der Waals surface area contributed by atoms with E-state index in [0.717, 1.165) is 0 Å². The van der Waals surface area contributed by atoms with Crippen molar-refractivity contribution < 1.29 is 14.0 Å². The van der Waals surface area contributed by atoms with Crippen molar-refractivity contribution in [3.63, 3.8) is 0 Å². The van der Waals surface area contributed by atoms with Crippen molar-refractivity contribution in [2.24, 2.45) is 0 Å². The third-order valence-electron chi connectivity index (χ3n) is 3.73. The molecule has 114 valence electrons. The van der Waals surface area contributed by atoms with Gasteiger partial charge in [0.25, 0.3) is 5.91 Å². The highest BCUT2D eigenvalue weighted by molar-refractivity contribution is 7.20. The molecule has 1 N–H and O–H groups in total. The van der Waals surface area contributed by atoms with Crippen LogP contribution in [0, 0.1) is 5.82 Å². The fourth-order valence-electron chi connectivity index (χ4n) is 2.68. The third-order valence-corrected chi connectivity index (χ3v) is 4.82. The molecule has 1 aliphatic heterocycles. The summed E-state index contributed by atoms with van der Waals surface area (Å²) in [4.78, 5) is 26.5. The van der Waals surface area contributed by atoms with Crippen molar-refractivity contribution in [2.45, 2.75) is 0 Å². The van der Waals surface area contributed by atoms with Crippen LogP contribution in [0.5, 0.6) is 0 Å². The molecule has 0 atom stereocenters. The van der Waals surface area contributed by atoms with E-state index in [-0.39, 0.29) is 24.2 Å². The third kappa shape index (κ3) is 2.27. The zero-order chi connectivity index (χ0) is 16.0. The van der Waals surface area contributed by atoms with Gasteiger partial charge in [-0.15, -0.1) is 11.3 Å². The molecule has 0 saturated carbocycles. The van der Waals surface area contributed by atoms with E-state index >= 15 is 0 Å². The van der Waals surface area contributed by atoms with Gasteiger partial charge in [0, 0.05) is 10.1 Å². The minimum Gasteiger partial charge on any atom is -0.323 e. The first-order chi connectivity index (χ1) is 11.1. The molecule has 0 aliphatic carbocycles. The van der Waals surface area contributed by atoms with Crippen molar-refractivity contribution in [1.82, 2.24) is 0 Å². The van der Waals surface area contributed by atoms with E-state index in [1.165, 1.54) is 22.3 Å². The van der Waals surface area contributed by atoms with Crippen LogP contribution in [0.15, 0.2) is 48.5 Å². The summed E-state index contributed by atoms with van der Waals surface area (Å²) in [5, 5.41) is 3.17. The predicted molar refractivity (Wildman–Crippen MR) is 88.5 cm³/mol. The number of rotatable bonds is 1. The molecule has 0 saturated heterocycles. The number of carbonyl (C=O) groups is 2. The van der Waals surface area contributed by atoms with Crippen LogP contribution in [0.3, 0.4) is 0 Å². The SMILES string of the molecule is O=C1CN(C(=O)c2cc3c(F)cccc3s2)c2ccccc2N1. The molecular formula is C17H11FN2O2S. The lowest BCUT2D eigenvalue weighted by atomic mass is 10.2. The smallest absolute Gasteiger partial charge is 0.268 e. The van der Waals surface area contributed by atoms with E-state index in [0.29, 0.717) is 26.3 Å². The molecule has 0 radical (unpaired) electrons. The Bertz CT molecular complexity index is 951. The van der Waals surface area contributed by atoms with Gasteiger partial charge in [0.2, 0.25) is 5.91 Å². The lowest BCUT2D eigenvalue weighted by Crippen LogP contribution is -2.41. The first kappa shape index (κ1) is 13.9. The summed E-state index contributed by atoms with van der Waals surface area (Å²) in [7, 11) is 0. The van der Waals surface area contributed by atoms with Gasteiger partial charge in [0.15, 0.2) is 0 Å². The van der Waals surface area contributed by atoms with Crippen LogP contribution < -0.4 is 10.2 Å². The van der Waals surface area contributed by atoms with Crippen LogP contribution in [-0.4, -0.2) is 18.4 Å². The van der Waals surface area contributed by atoms with Crippen molar-refractivity contribution in [3.8, 4) is 0 Å². The number of halogens is 1. The molecular weight excluding hydrogens is 315 g/mol. The zero-order valence-corrected chi connectivity index (χ0v) is 12.7. The maximum Gasteiger partial charge on any atom is 0.268 e. The summed E-state index contributed by atoms with van der Waals surface area (Å²) in [5.41, 5.74) is 1.25. The van der Waals surface area contributed by atoms with Gasteiger partial charge < -0.3 is 5.32 Å². The van der Waals surface area contributed by atoms with Crippen LogP contribution in [0.1, 0.15) is 9.67 Å². The lowest BCUT2D eigenvalue weighted by Gasteiger charge is -2.28. The second-order valence-electron chi connectivity index (χ2n) is 5.22. The number of benzene rings is 2. The Morgan fingerprint density at radius 3 is 2.83 bits per heavy atom. The Morgan fingerprint density at radius 1 is 1.17 bits per heavy atom. The minimum absolute atomic E-state index is 0.0490. The van der Waals surface area contributed by atoms with Gasteiger partial charge in [0.05, 0.1) is 16.3 Å². The number of para-hydroxylation sites is 2. The Labute approximate surface area is 135 Å². The summed E-state index contributed by atoms with van der Waals surface area (Å²) in [6, 6.07) is 13.4. The number of amides is 2. The first-order valence-corrected chi connectivity index (χ1v) is 7.84. The maximum absolute atomic E-state index is 13.8. The molecule has 0 bridgehead atoms. The molecule has 23 heavy (non-hydrogen) atoms. The van der Waals surface area contributed by atoms with Gasteiger partial charge in [-0.3, -0.25) is 14.5 Å². The maximum atomic E-state index is 13.8. The Balaban J connectivity index is 1.79. The second kappa shape index (κ2) is 5.17. The first-order valence-electron chi connectivity index (χ1n) is 7.02. The van der Waals surface area contributed by atoms with E-state index in [4.69, 9.17) is 0 Å². The number of thiophene rings is 1. The second-order valence-corrected chi connectivity index (χ2v) is 6.30.